The minimum Gasteiger partial charge on any atom is -0.383 e. The first-order valence-corrected chi connectivity index (χ1v) is 12.8. The van der Waals surface area contributed by atoms with Crippen molar-refractivity contribution in [2.45, 2.75) is 6.42 Å². The predicted molar refractivity (Wildman–Crippen MR) is 149 cm³/mol. The van der Waals surface area contributed by atoms with Crippen molar-refractivity contribution in [3.05, 3.63) is 89.4 Å². The van der Waals surface area contributed by atoms with E-state index in [1.807, 2.05) is 42.5 Å². The summed E-state index contributed by atoms with van der Waals surface area (Å²) in [4.78, 5) is 19.7. The summed E-state index contributed by atoms with van der Waals surface area (Å²) in [7, 11) is 3.78. The predicted octanol–water partition coefficient (Wildman–Crippen LogP) is 3.96. The van der Waals surface area contributed by atoms with E-state index in [2.05, 4.69) is 32.7 Å². The quantitative estimate of drug-likeness (QED) is 0.328. The van der Waals surface area contributed by atoms with Gasteiger partial charge in [0.15, 0.2) is 0 Å². The number of ether oxygens (including phenoxy) is 1. The van der Waals surface area contributed by atoms with Gasteiger partial charge in [-0.25, -0.2) is 9.82 Å². The van der Waals surface area contributed by atoms with Crippen LogP contribution in [-0.2, 0) is 11.2 Å². The highest BCUT2D eigenvalue weighted by Gasteiger charge is 2.24. The van der Waals surface area contributed by atoms with Crippen LogP contribution in [0, 0.1) is 5.82 Å². The molecule has 0 saturated carbocycles. The van der Waals surface area contributed by atoms with Crippen molar-refractivity contribution in [1.29, 1.82) is 0 Å². The summed E-state index contributed by atoms with van der Waals surface area (Å²) in [5.41, 5.74) is 8.09. The number of nitrogens with zero attached hydrogens (tertiary/aromatic N) is 4. The Morgan fingerprint density at radius 3 is 2.61 bits per heavy atom. The number of fused-ring (bicyclic) bond motifs is 1. The number of carbonyl (C=O) groups is 1. The fourth-order valence-corrected chi connectivity index (χ4v) is 4.85. The maximum absolute atomic E-state index is 13.6. The highest BCUT2D eigenvalue weighted by molar-refractivity contribution is 6.07. The van der Waals surface area contributed by atoms with Crippen molar-refractivity contribution in [2.75, 3.05) is 69.1 Å². The maximum atomic E-state index is 13.6. The highest BCUT2D eigenvalue weighted by atomic mass is 19.1. The summed E-state index contributed by atoms with van der Waals surface area (Å²) < 4.78 is 18.8. The molecule has 9 heteroatoms. The average molecular weight is 517 g/mol. The molecule has 1 aromatic heterocycles. The smallest absolute Gasteiger partial charge is 0.273 e. The second kappa shape index (κ2) is 11.6. The molecule has 4 aromatic rings. The minimum absolute atomic E-state index is 0.233. The molecule has 38 heavy (non-hydrogen) atoms. The average Bonchev–Trinajstić information content (AvgIpc) is 3.31. The third kappa shape index (κ3) is 5.79. The van der Waals surface area contributed by atoms with Crippen LogP contribution in [0.5, 0.6) is 0 Å². The Labute approximate surface area is 222 Å². The van der Waals surface area contributed by atoms with Crippen LogP contribution in [0.3, 0.4) is 0 Å². The number of benzene rings is 3. The van der Waals surface area contributed by atoms with Gasteiger partial charge >= 0.3 is 0 Å². The molecular weight excluding hydrogens is 483 g/mol. The Balaban J connectivity index is 1.39. The fourth-order valence-electron chi connectivity index (χ4n) is 4.85. The Morgan fingerprint density at radius 2 is 1.82 bits per heavy atom. The molecule has 0 aliphatic carbocycles. The van der Waals surface area contributed by atoms with Crippen molar-refractivity contribution in [3.8, 4) is 0 Å². The van der Waals surface area contributed by atoms with Crippen LogP contribution in [0.1, 0.15) is 21.5 Å². The molecule has 0 bridgehead atoms. The number of carbonyl (C=O) groups excluding carboxylic acids is 1. The molecule has 0 spiro atoms. The number of hydrogen-bond acceptors (Lipinski definition) is 6. The maximum Gasteiger partial charge on any atom is 0.273 e. The SMILES string of the molecule is COCCNc1cccc(C(=O)Nn2ncc3cc(Cc4cccc(F)c4)ccc32)c1N1CCN(C)CC1. The molecule has 0 unspecified atom stereocenters. The lowest BCUT2D eigenvalue weighted by atomic mass is 10.0. The Bertz CT molecular complexity index is 1410. The molecule has 3 aromatic carbocycles. The van der Waals surface area contributed by atoms with E-state index in [4.69, 9.17) is 4.74 Å². The first kappa shape index (κ1) is 25.7. The topological polar surface area (TPSA) is 74.7 Å². The number of halogens is 1. The monoisotopic (exact) mass is 516 g/mol. The van der Waals surface area contributed by atoms with E-state index in [9.17, 15) is 9.18 Å². The fraction of sp³-hybridized carbons (Fsp3) is 0.310. The number of piperazine rings is 1. The van der Waals surface area contributed by atoms with E-state index in [1.165, 1.54) is 10.9 Å². The Morgan fingerprint density at radius 1 is 1.03 bits per heavy atom. The standard InChI is InChI=1S/C29H33FN6O2/c1-34-12-14-35(15-13-34)28-25(7-4-8-26(28)31-11-16-38-2)29(37)33-36-27-10-9-22(18-23(27)20-32-36)17-21-5-3-6-24(30)19-21/h3-10,18-20,31H,11-17H2,1-2H3,(H,33,37). The molecular formula is C29H33FN6O2. The van der Waals surface area contributed by atoms with E-state index in [-0.39, 0.29) is 11.7 Å². The lowest BCUT2D eigenvalue weighted by Gasteiger charge is -2.36. The van der Waals surface area contributed by atoms with Crippen LogP contribution >= 0.6 is 0 Å². The van der Waals surface area contributed by atoms with Crippen LogP contribution in [0.25, 0.3) is 10.9 Å². The molecule has 1 aliphatic heterocycles. The van der Waals surface area contributed by atoms with E-state index in [0.29, 0.717) is 25.1 Å². The molecule has 1 aliphatic rings. The molecule has 5 rings (SSSR count). The molecule has 1 fully saturated rings. The van der Waals surface area contributed by atoms with Crippen molar-refractivity contribution in [1.82, 2.24) is 14.8 Å². The van der Waals surface area contributed by atoms with Gasteiger partial charge in [-0.05, 0) is 61.0 Å². The summed E-state index contributed by atoms with van der Waals surface area (Å²) in [5, 5.41) is 8.76. The summed E-state index contributed by atoms with van der Waals surface area (Å²) in [6.07, 6.45) is 2.34. The third-order valence-corrected chi connectivity index (χ3v) is 6.86. The first-order valence-electron chi connectivity index (χ1n) is 12.8. The second-order valence-corrected chi connectivity index (χ2v) is 9.61. The van der Waals surface area contributed by atoms with Crippen molar-refractivity contribution >= 4 is 28.2 Å². The number of amides is 1. The van der Waals surface area contributed by atoms with Gasteiger partial charge in [0.1, 0.15) is 5.82 Å². The van der Waals surface area contributed by atoms with Crippen molar-refractivity contribution < 1.29 is 13.9 Å². The zero-order chi connectivity index (χ0) is 26.5. The van der Waals surface area contributed by atoms with Crippen LogP contribution in [0.4, 0.5) is 15.8 Å². The van der Waals surface area contributed by atoms with Gasteiger partial charge in [0.05, 0.1) is 35.3 Å². The lowest BCUT2D eigenvalue weighted by molar-refractivity contribution is 0.101. The zero-order valence-electron chi connectivity index (χ0n) is 21.8. The molecule has 2 N–H and O–H groups in total. The van der Waals surface area contributed by atoms with Gasteiger partial charge in [0, 0.05) is 45.2 Å². The lowest BCUT2D eigenvalue weighted by Crippen LogP contribution is -2.45. The van der Waals surface area contributed by atoms with Gasteiger partial charge in [-0.15, -0.1) is 0 Å². The largest absolute Gasteiger partial charge is 0.383 e. The third-order valence-electron chi connectivity index (χ3n) is 6.86. The molecule has 1 saturated heterocycles. The molecule has 0 atom stereocenters. The van der Waals surface area contributed by atoms with Crippen LogP contribution in [0.2, 0.25) is 0 Å². The van der Waals surface area contributed by atoms with E-state index >= 15 is 0 Å². The molecule has 2 heterocycles. The zero-order valence-corrected chi connectivity index (χ0v) is 21.8. The van der Waals surface area contributed by atoms with Gasteiger partial charge in [0.2, 0.25) is 0 Å². The normalized spacial score (nSPS) is 14.1. The molecule has 8 nitrogen and oxygen atoms in total. The first-order chi connectivity index (χ1) is 18.5. The van der Waals surface area contributed by atoms with Crippen LogP contribution in [0.15, 0.2) is 66.9 Å². The summed E-state index contributed by atoms with van der Waals surface area (Å²) in [6, 6.07) is 18.3. The molecule has 198 valence electrons. The number of rotatable bonds is 9. The Hall–Kier alpha value is -3.95. The van der Waals surface area contributed by atoms with E-state index in [1.54, 1.807) is 25.4 Å². The second-order valence-electron chi connectivity index (χ2n) is 9.61. The van der Waals surface area contributed by atoms with Gasteiger partial charge in [-0.3, -0.25) is 4.79 Å². The van der Waals surface area contributed by atoms with E-state index < -0.39 is 0 Å². The molecule has 0 radical (unpaired) electrons. The number of nitrogens with one attached hydrogen (secondary N) is 2. The summed E-state index contributed by atoms with van der Waals surface area (Å²) >= 11 is 0. The summed E-state index contributed by atoms with van der Waals surface area (Å²) in [6.45, 7) is 4.73. The number of aromatic nitrogens is 2. The van der Waals surface area contributed by atoms with Crippen molar-refractivity contribution in [2.24, 2.45) is 0 Å². The van der Waals surface area contributed by atoms with Gasteiger partial charge in [-0.2, -0.15) is 9.89 Å². The van der Waals surface area contributed by atoms with Gasteiger partial charge in [0.25, 0.3) is 5.91 Å². The van der Waals surface area contributed by atoms with Gasteiger partial charge in [-0.1, -0.05) is 24.3 Å². The Kier molecular flexibility index (Phi) is 7.86. The number of anilines is 2. The van der Waals surface area contributed by atoms with E-state index in [0.717, 1.165) is 59.6 Å². The number of methoxy groups -OCH3 is 1. The van der Waals surface area contributed by atoms with Gasteiger partial charge < -0.3 is 19.9 Å². The number of hydrogen-bond donors (Lipinski definition) is 2. The number of likely N-dealkylation sites (N-methyl/N-ethyl adjacent to an activating group) is 1. The molecule has 1 amide bonds. The highest BCUT2D eigenvalue weighted by Crippen LogP contribution is 2.31. The van der Waals surface area contributed by atoms with Crippen LogP contribution < -0.4 is 15.6 Å². The minimum atomic E-state index is -0.243. The number of para-hydroxylation sites is 1. The van der Waals surface area contributed by atoms with Crippen molar-refractivity contribution in [3.63, 3.8) is 0 Å². The summed E-state index contributed by atoms with van der Waals surface area (Å²) in [5.74, 6) is -0.476. The van der Waals surface area contributed by atoms with Crippen LogP contribution in [-0.4, -0.2) is 74.2 Å².